The summed E-state index contributed by atoms with van der Waals surface area (Å²) in [6.45, 7) is 2.03. The molecule has 0 bridgehead atoms. The molecule has 0 spiro atoms. The van der Waals surface area contributed by atoms with Gasteiger partial charge in [0, 0.05) is 10.8 Å². The summed E-state index contributed by atoms with van der Waals surface area (Å²) < 4.78 is 16.7. The van der Waals surface area contributed by atoms with Crippen LogP contribution in [0.25, 0.3) is 33.5 Å². The van der Waals surface area contributed by atoms with E-state index in [0.717, 1.165) is 33.2 Å². The Morgan fingerprint density at radius 1 is 1.10 bits per heavy atom. The van der Waals surface area contributed by atoms with Crippen LogP contribution in [-0.4, -0.2) is 12.1 Å². The molecular formula is C17H13NO3. The highest BCUT2D eigenvalue weighted by atomic mass is 16.5. The molecule has 4 nitrogen and oxygen atoms in total. The summed E-state index contributed by atoms with van der Waals surface area (Å²) in [6, 6.07) is 11.7. The molecule has 0 atom stereocenters. The van der Waals surface area contributed by atoms with E-state index in [4.69, 9.17) is 13.6 Å². The van der Waals surface area contributed by atoms with Crippen molar-refractivity contribution < 1.29 is 13.6 Å². The second kappa shape index (κ2) is 4.38. The van der Waals surface area contributed by atoms with Gasteiger partial charge in [-0.15, -0.1) is 0 Å². The lowest BCUT2D eigenvalue weighted by Crippen LogP contribution is -1.81. The molecule has 21 heavy (non-hydrogen) atoms. The summed E-state index contributed by atoms with van der Waals surface area (Å²) in [7, 11) is 1.64. The van der Waals surface area contributed by atoms with Crippen molar-refractivity contribution in [3.05, 3.63) is 48.2 Å². The molecular weight excluding hydrogens is 266 g/mol. The maximum absolute atomic E-state index is 5.80. The minimum atomic E-state index is 0.485. The van der Waals surface area contributed by atoms with Crippen molar-refractivity contribution in [2.45, 2.75) is 6.92 Å². The summed E-state index contributed by atoms with van der Waals surface area (Å²) in [4.78, 5) is 4.52. The summed E-state index contributed by atoms with van der Waals surface area (Å²) in [5.41, 5.74) is 2.73. The Bertz CT molecular complexity index is 949. The van der Waals surface area contributed by atoms with E-state index < -0.39 is 0 Å². The minimum Gasteiger partial charge on any atom is -0.497 e. The number of rotatable bonds is 2. The first-order chi connectivity index (χ1) is 10.2. The molecule has 0 amide bonds. The van der Waals surface area contributed by atoms with Crippen LogP contribution in [0.3, 0.4) is 0 Å². The molecule has 0 fully saturated rings. The van der Waals surface area contributed by atoms with Crippen molar-refractivity contribution in [1.82, 2.24) is 4.98 Å². The van der Waals surface area contributed by atoms with E-state index in [9.17, 15) is 0 Å². The van der Waals surface area contributed by atoms with Crippen molar-refractivity contribution in [2.75, 3.05) is 7.11 Å². The van der Waals surface area contributed by atoms with Gasteiger partial charge in [0.1, 0.15) is 11.3 Å². The first-order valence-corrected chi connectivity index (χ1v) is 6.67. The van der Waals surface area contributed by atoms with Crippen LogP contribution in [0.15, 0.2) is 51.5 Å². The highest BCUT2D eigenvalue weighted by molar-refractivity contribution is 5.94. The number of hydrogen-bond donors (Lipinski definition) is 0. The Hall–Kier alpha value is -2.75. The molecule has 104 valence electrons. The van der Waals surface area contributed by atoms with Gasteiger partial charge in [-0.25, -0.2) is 4.98 Å². The number of aryl methyl sites for hydroxylation is 1. The lowest BCUT2D eigenvalue weighted by Gasteiger charge is -1.98. The van der Waals surface area contributed by atoms with Gasteiger partial charge in [0.25, 0.3) is 5.89 Å². The Morgan fingerprint density at radius 3 is 2.86 bits per heavy atom. The average Bonchev–Trinajstić information content (AvgIpc) is 3.08. The fourth-order valence-corrected chi connectivity index (χ4v) is 2.45. The Kier molecular flexibility index (Phi) is 2.51. The molecule has 0 N–H and O–H groups in total. The highest BCUT2D eigenvalue weighted by Gasteiger charge is 2.16. The lowest BCUT2D eigenvalue weighted by atomic mass is 10.2. The minimum absolute atomic E-state index is 0.485. The van der Waals surface area contributed by atoms with E-state index in [2.05, 4.69) is 4.98 Å². The van der Waals surface area contributed by atoms with E-state index >= 15 is 0 Å². The molecule has 0 saturated carbocycles. The van der Waals surface area contributed by atoms with Gasteiger partial charge >= 0.3 is 0 Å². The number of hydrogen-bond acceptors (Lipinski definition) is 4. The molecule has 2 heterocycles. The van der Waals surface area contributed by atoms with Crippen molar-refractivity contribution in [3.63, 3.8) is 0 Å². The van der Waals surface area contributed by atoms with E-state index in [1.807, 2.05) is 43.3 Å². The van der Waals surface area contributed by atoms with Crippen LogP contribution in [0.2, 0.25) is 0 Å². The van der Waals surface area contributed by atoms with E-state index in [1.54, 1.807) is 13.4 Å². The number of oxazole rings is 1. The molecule has 2 aromatic carbocycles. The number of methoxy groups -OCH3 is 1. The van der Waals surface area contributed by atoms with Gasteiger partial charge in [-0.05, 0) is 42.8 Å². The van der Waals surface area contributed by atoms with Gasteiger partial charge < -0.3 is 13.6 Å². The monoisotopic (exact) mass is 279 g/mol. The number of aromatic nitrogens is 1. The van der Waals surface area contributed by atoms with Crippen LogP contribution in [0.4, 0.5) is 0 Å². The molecule has 4 heteroatoms. The smallest absolute Gasteiger partial charge is 0.264 e. The maximum atomic E-state index is 5.80. The number of nitrogens with zero attached hydrogens (tertiary/aromatic N) is 1. The largest absolute Gasteiger partial charge is 0.497 e. The van der Waals surface area contributed by atoms with Crippen LogP contribution >= 0.6 is 0 Å². The second-order valence-corrected chi connectivity index (χ2v) is 5.01. The fourth-order valence-electron chi connectivity index (χ4n) is 2.45. The SMILES string of the molecule is COc1ccc2coc(-c3nc4cc(C)ccc4o3)c2c1. The fraction of sp³-hybridized carbons (Fsp3) is 0.118. The van der Waals surface area contributed by atoms with Crippen molar-refractivity contribution >= 4 is 21.9 Å². The molecule has 4 rings (SSSR count). The van der Waals surface area contributed by atoms with Crippen LogP contribution in [0.1, 0.15) is 5.56 Å². The molecule has 4 aromatic rings. The van der Waals surface area contributed by atoms with Crippen molar-refractivity contribution in [1.29, 1.82) is 0 Å². The maximum Gasteiger partial charge on any atom is 0.264 e. The summed E-state index contributed by atoms with van der Waals surface area (Å²) in [6.07, 6.45) is 1.70. The van der Waals surface area contributed by atoms with Crippen molar-refractivity contribution in [2.24, 2.45) is 0 Å². The summed E-state index contributed by atoms with van der Waals surface area (Å²) >= 11 is 0. The summed E-state index contributed by atoms with van der Waals surface area (Å²) in [5.74, 6) is 1.88. The third-order valence-electron chi connectivity index (χ3n) is 3.55. The van der Waals surface area contributed by atoms with Gasteiger partial charge in [-0.1, -0.05) is 6.07 Å². The molecule has 0 radical (unpaired) electrons. The van der Waals surface area contributed by atoms with E-state index in [1.165, 1.54) is 0 Å². The van der Waals surface area contributed by atoms with Crippen LogP contribution in [0, 0.1) is 6.92 Å². The zero-order valence-electron chi connectivity index (χ0n) is 11.7. The number of ether oxygens (including phenoxy) is 1. The predicted octanol–water partition coefficient (Wildman–Crippen LogP) is 4.56. The standard InChI is InChI=1S/C17H13NO3/c1-10-3-6-15-14(7-10)18-17(21-15)16-13-8-12(19-2)5-4-11(13)9-20-16/h3-9H,1-2H3. The van der Waals surface area contributed by atoms with E-state index in [0.29, 0.717) is 11.7 Å². The number of benzene rings is 2. The molecule has 2 aromatic heterocycles. The second-order valence-electron chi connectivity index (χ2n) is 5.01. The third-order valence-corrected chi connectivity index (χ3v) is 3.55. The van der Waals surface area contributed by atoms with Crippen LogP contribution in [-0.2, 0) is 0 Å². The number of furan rings is 1. The molecule has 0 aliphatic heterocycles. The van der Waals surface area contributed by atoms with E-state index in [-0.39, 0.29) is 0 Å². The Balaban J connectivity index is 1.94. The quantitative estimate of drug-likeness (QED) is 0.539. The normalized spacial score (nSPS) is 11.3. The van der Waals surface area contributed by atoms with Gasteiger partial charge in [0.15, 0.2) is 11.3 Å². The average molecular weight is 279 g/mol. The third kappa shape index (κ3) is 1.88. The predicted molar refractivity (Wildman–Crippen MR) is 80.5 cm³/mol. The van der Waals surface area contributed by atoms with Gasteiger partial charge in [-0.3, -0.25) is 0 Å². The molecule has 0 aliphatic rings. The van der Waals surface area contributed by atoms with Crippen LogP contribution < -0.4 is 4.74 Å². The first kappa shape index (κ1) is 12.0. The van der Waals surface area contributed by atoms with Crippen LogP contribution in [0.5, 0.6) is 5.75 Å². The zero-order valence-corrected chi connectivity index (χ0v) is 11.7. The topological polar surface area (TPSA) is 48.4 Å². The van der Waals surface area contributed by atoms with Crippen molar-refractivity contribution in [3.8, 4) is 17.4 Å². The highest BCUT2D eigenvalue weighted by Crippen LogP contribution is 2.34. The van der Waals surface area contributed by atoms with Gasteiger partial charge in [-0.2, -0.15) is 0 Å². The van der Waals surface area contributed by atoms with Gasteiger partial charge in [0.2, 0.25) is 0 Å². The Morgan fingerprint density at radius 2 is 2.00 bits per heavy atom. The Labute approximate surface area is 121 Å². The number of fused-ring (bicyclic) bond motifs is 2. The molecule has 0 unspecified atom stereocenters. The van der Waals surface area contributed by atoms with Gasteiger partial charge in [0.05, 0.1) is 13.4 Å². The first-order valence-electron chi connectivity index (χ1n) is 6.67. The molecule has 0 aliphatic carbocycles. The molecule has 0 saturated heterocycles. The lowest BCUT2D eigenvalue weighted by molar-refractivity contribution is 0.415. The zero-order chi connectivity index (χ0) is 14.4. The summed E-state index contributed by atoms with van der Waals surface area (Å²) in [5, 5.41) is 1.92.